The summed E-state index contributed by atoms with van der Waals surface area (Å²) in [6.45, 7) is 7.09. The van der Waals surface area contributed by atoms with Crippen LogP contribution in [0.3, 0.4) is 0 Å². The first-order valence-corrected chi connectivity index (χ1v) is 12.5. The normalized spacial score (nSPS) is 15.0. The maximum Gasteiger partial charge on any atom is 0.230 e. The first-order valence-electron chi connectivity index (χ1n) is 11.7. The Hall–Kier alpha value is -3.39. The zero-order valence-corrected chi connectivity index (χ0v) is 20.6. The van der Waals surface area contributed by atoms with Crippen LogP contribution in [0.15, 0.2) is 54.6 Å². The van der Waals surface area contributed by atoms with Crippen molar-refractivity contribution in [2.24, 2.45) is 0 Å². The lowest BCUT2D eigenvalue weighted by Gasteiger charge is -2.36. The number of nitrogens with zero attached hydrogens (tertiary/aromatic N) is 5. The number of methoxy groups -OCH3 is 1. The van der Waals surface area contributed by atoms with Gasteiger partial charge in [0.1, 0.15) is 5.75 Å². The fraction of sp³-hybridized carbons (Fsp3) is 0.346. The number of rotatable bonds is 6. The molecule has 0 saturated carbocycles. The van der Waals surface area contributed by atoms with Gasteiger partial charge in [-0.05, 0) is 43.2 Å². The maximum atomic E-state index is 13.2. The molecule has 1 aliphatic heterocycles. The molecule has 2 aromatic carbocycles. The minimum absolute atomic E-state index is 0.0756. The lowest BCUT2D eigenvalue weighted by molar-refractivity contribution is -0.133. The number of anilines is 1. The van der Waals surface area contributed by atoms with Crippen molar-refractivity contribution in [3.05, 3.63) is 65.9 Å². The molecule has 34 heavy (non-hydrogen) atoms. The van der Waals surface area contributed by atoms with Gasteiger partial charge in [0.15, 0.2) is 10.8 Å². The number of hydrogen-bond donors (Lipinski definition) is 0. The van der Waals surface area contributed by atoms with Gasteiger partial charge in [0.2, 0.25) is 5.91 Å². The fourth-order valence-electron chi connectivity index (χ4n) is 4.54. The van der Waals surface area contributed by atoms with Crippen LogP contribution in [0, 0.1) is 6.92 Å². The van der Waals surface area contributed by atoms with Crippen LogP contribution >= 0.6 is 11.3 Å². The maximum absolute atomic E-state index is 13.2. The number of ether oxygens (including phenoxy) is 1. The van der Waals surface area contributed by atoms with Crippen LogP contribution in [0.1, 0.15) is 30.5 Å². The molecule has 0 spiro atoms. The summed E-state index contributed by atoms with van der Waals surface area (Å²) in [5, 5.41) is 5.69. The minimum atomic E-state index is -0.0756. The summed E-state index contributed by atoms with van der Waals surface area (Å²) in [6.07, 6.45) is 0.808. The lowest BCUT2D eigenvalue weighted by atomic mass is 9.95. The summed E-state index contributed by atoms with van der Waals surface area (Å²) in [5.74, 6) is 0.963. The molecule has 1 saturated heterocycles. The summed E-state index contributed by atoms with van der Waals surface area (Å²) in [6, 6.07) is 18.0. The van der Waals surface area contributed by atoms with Crippen molar-refractivity contribution in [1.82, 2.24) is 19.7 Å². The van der Waals surface area contributed by atoms with E-state index in [2.05, 4.69) is 24.0 Å². The molecule has 1 amide bonds. The fourth-order valence-corrected chi connectivity index (χ4v) is 5.58. The molecule has 0 unspecified atom stereocenters. The van der Waals surface area contributed by atoms with Crippen molar-refractivity contribution in [2.45, 2.75) is 26.2 Å². The number of aryl methyl sites for hydroxylation is 1. The minimum Gasteiger partial charge on any atom is -0.497 e. The van der Waals surface area contributed by atoms with Gasteiger partial charge in [-0.25, -0.2) is 4.68 Å². The summed E-state index contributed by atoms with van der Waals surface area (Å²) in [7, 11) is 1.66. The summed E-state index contributed by atoms with van der Waals surface area (Å²) >= 11 is 1.67. The van der Waals surface area contributed by atoms with E-state index in [0.717, 1.165) is 57.7 Å². The van der Waals surface area contributed by atoms with E-state index in [4.69, 9.17) is 14.8 Å². The van der Waals surface area contributed by atoms with Gasteiger partial charge in [-0.15, -0.1) is 0 Å². The van der Waals surface area contributed by atoms with Crippen molar-refractivity contribution >= 4 is 32.7 Å². The van der Waals surface area contributed by atoms with Crippen LogP contribution in [0.5, 0.6) is 5.75 Å². The number of thiazole rings is 1. The Morgan fingerprint density at radius 1 is 1.06 bits per heavy atom. The molecule has 0 bridgehead atoms. The number of amides is 1. The number of carbonyl (C=O) groups excluding carboxylic acids is 1. The van der Waals surface area contributed by atoms with Gasteiger partial charge in [-0.3, -0.25) is 4.79 Å². The summed E-state index contributed by atoms with van der Waals surface area (Å²) in [5.41, 5.74) is 3.90. The van der Waals surface area contributed by atoms with Crippen LogP contribution in [0.25, 0.3) is 16.0 Å². The monoisotopic (exact) mass is 475 g/mol. The van der Waals surface area contributed by atoms with E-state index >= 15 is 0 Å². The standard InChI is InChI=1S/C26H29N5O2S/c1-4-22(19-8-6-5-7-9-19)25(32)29-14-16-30(17-15-29)26-27-24-23(34-26)18(2)28-31(24)20-10-12-21(33-3)13-11-20/h5-13,22H,4,14-17H2,1-3H3/t22-/m1/s1. The molecule has 1 fully saturated rings. The van der Waals surface area contributed by atoms with Gasteiger partial charge >= 0.3 is 0 Å². The smallest absolute Gasteiger partial charge is 0.230 e. The lowest BCUT2D eigenvalue weighted by Crippen LogP contribution is -2.50. The number of aromatic nitrogens is 3. The molecule has 2 aromatic heterocycles. The highest BCUT2D eigenvalue weighted by atomic mass is 32.1. The van der Waals surface area contributed by atoms with E-state index in [1.807, 2.05) is 59.0 Å². The molecule has 7 nitrogen and oxygen atoms in total. The molecular formula is C26H29N5O2S. The zero-order chi connectivity index (χ0) is 23.7. The van der Waals surface area contributed by atoms with Gasteiger partial charge in [0.25, 0.3) is 0 Å². The second kappa shape index (κ2) is 9.46. The van der Waals surface area contributed by atoms with E-state index in [0.29, 0.717) is 13.1 Å². The van der Waals surface area contributed by atoms with Gasteiger partial charge in [-0.1, -0.05) is 48.6 Å². The summed E-state index contributed by atoms with van der Waals surface area (Å²) in [4.78, 5) is 22.5. The first-order chi connectivity index (χ1) is 16.6. The average molecular weight is 476 g/mol. The Balaban J connectivity index is 1.31. The van der Waals surface area contributed by atoms with Gasteiger partial charge < -0.3 is 14.5 Å². The molecule has 1 atom stereocenters. The second-order valence-corrected chi connectivity index (χ2v) is 9.51. The molecule has 176 valence electrons. The number of carbonyl (C=O) groups is 1. The largest absolute Gasteiger partial charge is 0.497 e. The third-order valence-electron chi connectivity index (χ3n) is 6.46. The zero-order valence-electron chi connectivity index (χ0n) is 19.8. The van der Waals surface area contributed by atoms with Crippen LogP contribution in [0.2, 0.25) is 0 Å². The Morgan fingerprint density at radius 3 is 2.41 bits per heavy atom. The van der Waals surface area contributed by atoms with Crippen molar-refractivity contribution in [3.63, 3.8) is 0 Å². The predicted octanol–water partition coefficient (Wildman–Crippen LogP) is 4.64. The van der Waals surface area contributed by atoms with Gasteiger partial charge in [0, 0.05) is 26.2 Å². The van der Waals surface area contributed by atoms with E-state index in [-0.39, 0.29) is 11.8 Å². The molecular weight excluding hydrogens is 446 g/mol. The summed E-state index contributed by atoms with van der Waals surface area (Å²) < 4.78 is 8.27. The number of fused-ring (bicyclic) bond motifs is 1. The molecule has 8 heteroatoms. The van der Waals surface area contributed by atoms with E-state index in [9.17, 15) is 4.79 Å². The molecule has 0 N–H and O–H groups in total. The Labute approximate surface area is 203 Å². The predicted molar refractivity (Wildman–Crippen MR) is 136 cm³/mol. The third-order valence-corrected chi connectivity index (χ3v) is 7.68. The molecule has 5 rings (SSSR count). The molecule has 0 radical (unpaired) electrons. The number of piperazine rings is 1. The molecule has 4 aromatic rings. The average Bonchev–Trinajstić information content (AvgIpc) is 3.46. The van der Waals surface area contributed by atoms with Crippen molar-refractivity contribution in [3.8, 4) is 11.4 Å². The highest BCUT2D eigenvalue weighted by molar-refractivity contribution is 7.22. The van der Waals surface area contributed by atoms with Crippen LogP contribution in [-0.2, 0) is 4.79 Å². The topological polar surface area (TPSA) is 63.5 Å². The Kier molecular flexibility index (Phi) is 6.24. The van der Waals surface area contributed by atoms with E-state index < -0.39 is 0 Å². The quantitative estimate of drug-likeness (QED) is 0.407. The Bertz CT molecular complexity index is 1270. The van der Waals surface area contributed by atoms with Crippen molar-refractivity contribution in [1.29, 1.82) is 0 Å². The third kappa shape index (κ3) is 4.14. The second-order valence-electron chi connectivity index (χ2n) is 8.53. The van der Waals surface area contributed by atoms with Gasteiger partial charge in [-0.2, -0.15) is 10.1 Å². The van der Waals surface area contributed by atoms with Crippen LogP contribution in [0.4, 0.5) is 5.13 Å². The van der Waals surface area contributed by atoms with Crippen LogP contribution < -0.4 is 9.64 Å². The van der Waals surface area contributed by atoms with Crippen LogP contribution in [-0.4, -0.2) is 58.9 Å². The highest BCUT2D eigenvalue weighted by Gasteiger charge is 2.29. The van der Waals surface area contributed by atoms with Crippen molar-refractivity contribution < 1.29 is 9.53 Å². The number of hydrogen-bond acceptors (Lipinski definition) is 6. The van der Waals surface area contributed by atoms with Gasteiger partial charge in [0.05, 0.1) is 29.1 Å². The van der Waals surface area contributed by atoms with Crippen molar-refractivity contribution in [2.75, 3.05) is 38.2 Å². The van der Waals surface area contributed by atoms with E-state index in [1.165, 1.54) is 0 Å². The van der Waals surface area contributed by atoms with E-state index in [1.54, 1.807) is 18.4 Å². The molecule has 0 aliphatic carbocycles. The first kappa shape index (κ1) is 22.4. The molecule has 3 heterocycles. The highest BCUT2D eigenvalue weighted by Crippen LogP contribution is 2.33. The Morgan fingerprint density at radius 2 is 1.76 bits per heavy atom. The molecule has 1 aliphatic rings. The SMILES string of the molecule is CC[C@@H](C(=O)N1CCN(c2nc3c(s2)c(C)nn3-c2ccc(OC)cc2)CC1)c1ccccc1. The number of benzene rings is 2.